The summed E-state index contributed by atoms with van der Waals surface area (Å²) in [5.74, 6) is 0.529. The van der Waals surface area contributed by atoms with E-state index in [4.69, 9.17) is 4.42 Å². The van der Waals surface area contributed by atoms with Gasteiger partial charge in [-0.25, -0.2) is 4.98 Å². The lowest BCUT2D eigenvalue weighted by Crippen LogP contribution is -2.04. The third kappa shape index (κ3) is 2.33. The van der Waals surface area contributed by atoms with Gasteiger partial charge >= 0.3 is 6.18 Å². The van der Waals surface area contributed by atoms with Crippen LogP contribution in [0.4, 0.5) is 13.2 Å². The first-order valence-corrected chi connectivity index (χ1v) is 5.12. The van der Waals surface area contributed by atoms with Crippen LogP contribution < -0.4 is 0 Å². The molecule has 5 heteroatoms. The van der Waals surface area contributed by atoms with E-state index in [0.717, 1.165) is 17.8 Å². The number of alkyl halides is 3. The van der Waals surface area contributed by atoms with Gasteiger partial charge in [0.2, 0.25) is 0 Å². The molecule has 2 aromatic rings. The quantitative estimate of drug-likeness (QED) is 0.796. The SMILES string of the molecule is CCc1ncoc1-c1ccc(C(F)(F)F)cc1. The van der Waals surface area contributed by atoms with Gasteiger partial charge in [0.25, 0.3) is 0 Å². The van der Waals surface area contributed by atoms with Gasteiger partial charge in [0.1, 0.15) is 0 Å². The van der Waals surface area contributed by atoms with E-state index in [9.17, 15) is 13.2 Å². The highest BCUT2D eigenvalue weighted by molar-refractivity contribution is 5.60. The van der Waals surface area contributed by atoms with Crippen molar-refractivity contribution < 1.29 is 17.6 Å². The van der Waals surface area contributed by atoms with E-state index >= 15 is 0 Å². The van der Waals surface area contributed by atoms with Crippen LogP contribution in [0.3, 0.4) is 0 Å². The van der Waals surface area contributed by atoms with Crippen LogP contribution in [0.2, 0.25) is 0 Å². The summed E-state index contributed by atoms with van der Waals surface area (Å²) in [6.07, 6.45) is -2.34. The Morgan fingerprint density at radius 1 is 1.18 bits per heavy atom. The lowest BCUT2D eigenvalue weighted by molar-refractivity contribution is -0.137. The second-order valence-corrected chi connectivity index (χ2v) is 3.56. The van der Waals surface area contributed by atoms with E-state index in [1.165, 1.54) is 18.5 Å². The standard InChI is InChI=1S/C12H10F3NO/c1-2-10-11(17-7-16-10)8-3-5-9(6-4-8)12(13,14)15/h3-7H,2H2,1H3. The van der Waals surface area contributed by atoms with Crippen molar-refractivity contribution in [3.05, 3.63) is 41.9 Å². The van der Waals surface area contributed by atoms with Gasteiger partial charge in [-0.2, -0.15) is 13.2 Å². The number of halogens is 3. The predicted molar refractivity (Wildman–Crippen MR) is 56.3 cm³/mol. The summed E-state index contributed by atoms with van der Waals surface area (Å²) in [7, 11) is 0. The Morgan fingerprint density at radius 2 is 1.82 bits per heavy atom. The minimum absolute atomic E-state index is 0.529. The molecule has 0 radical (unpaired) electrons. The lowest BCUT2D eigenvalue weighted by Gasteiger charge is -2.06. The summed E-state index contributed by atoms with van der Waals surface area (Å²) in [6.45, 7) is 1.91. The number of benzene rings is 1. The molecule has 0 amide bonds. The highest BCUT2D eigenvalue weighted by Crippen LogP contribution is 2.31. The molecule has 2 nitrogen and oxygen atoms in total. The lowest BCUT2D eigenvalue weighted by atomic mass is 10.1. The third-order valence-electron chi connectivity index (χ3n) is 2.45. The fourth-order valence-corrected chi connectivity index (χ4v) is 1.57. The molecule has 1 aromatic heterocycles. The van der Waals surface area contributed by atoms with Crippen LogP contribution in [0.5, 0.6) is 0 Å². The summed E-state index contributed by atoms with van der Waals surface area (Å²) < 4.78 is 42.3. The molecule has 0 saturated carbocycles. The zero-order chi connectivity index (χ0) is 12.5. The van der Waals surface area contributed by atoms with E-state index in [1.807, 2.05) is 6.92 Å². The Balaban J connectivity index is 2.36. The Morgan fingerprint density at radius 3 is 2.35 bits per heavy atom. The molecule has 2 rings (SSSR count). The van der Waals surface area contributed by atoms with Gasteiger partial charge in [-0.1, -0.05) is 19.1 Å². The van der Waals surface area contributed by atoms with Crippen molar-refractivity contribution in [3.8, 4) is 11.3 Å². The second-order valence-electron chi connectivity index (χ2n) is 3.56. The van der Waals surface area contributed by atoms with Gasteiger partial charge in [-0.05, 0) is 18.6 Å². The number of aromatic nitrogens is 1. The molecular formula is C12H10F3NO. The minimum atomic E-state index is -4.31. The van der Waals surface area contributed by atoms with E-state index < -0.39 is 11.7 Å². The van der Waals surface area contributed by atoms with E-state index in [-0.39, 0.29) is 0 Å². The summed E-state index contributed by atoms with van der Waals surface area (Å²) >= 11 is 0. The molecule has 17 heavy (non-hydrogen) atoms. The number of aryl methyl sites for hydroxylation is 1. The average molecular weight is 241 g/mol. The number of rotatable bonds is 2. The average Bonchev–Trinajstić information content (AvgIpc) is 2.76. The smallest absolute Gasteiger partial charge is 0.416 e. The van der Waals surface area contributed by atoms with E-state index in [0.29, 0.717) is 17.7 Å². The third-order valence-corrected chi connectivity index (χ3v) is 2.45. The number of nitrogens with zero attached hydrogens (tertiary/aromatic N) is 1. The molecule has 0 aliphatic heterocycles. The molecule has 0 atom stereocenters. The largest absolute Gasteiger partial charge is 0.443 e. The first-order valence-electron chi connectivity index (χ1n) is 5.12. The zero-order valence-corrected chi connectivity index (χ0v) is 9.08. The zero-order valence-electron chi connectivity index (χ0n) is 9.08. The van der Waals surface area contributed by atoms with Gasteiger partial charge in [-0.15, -0.1) is 0 Å². The topological polar surface area (TPSA) is 26.0 Å². The molecule has 0 spiro atoms. The second kappa shape index (κ2) is 4.24. The molecule has 0 bridgehead atoms. The molecule has 1 heterocycles. The maximum atomic E-state index is 12.4. The molecule has 90 valence electrons. The van der Waals surface area contributed by atoms with Crippen LogP contribution in [0.15, 0.2) is 35.1 Å². The van der Waals surface area contributed by atoms with Crippen LogP contribution >= 0.6 is 0 Å². The van der Waals surface area contributed by atoms with Crippen LogP contribution in [0, 0.1) is 0 Å². The molecule has 0 unspecified atom stereocenters. The van der Waals surface area contributed by atoms with Gasteiger partial charge in [0, 0.05) is 5.56 Å². The van der Waals surface area contributed by atoms with Gasteiger partial charge < -0.3 is 4.42 Å². The van der Waals surface area contributed by atoms with Crippen LogP contribution in [-0.4, -0.2) is 4.98 Å². The molecular weight excluding hydrogens is 231 g/mol. The maximum Gasteiger partial charge on any atom is 0.416 e. The molecule has 0 fully saturated rings. The summed E-state index contributed by atoms with van der Waals surface area (Å²) in [5, 5.41) is 0. The van der Waals surface area contributed by atoms with Crippen LogP contribution in [-0.2, 0) is 12.6 Å². The van der Waals surface area contributed by atoms with E-state index in [2.05, 4.69) is 4.98 Å². The van der Waals surface area contributed by atoms with Crippen molar-refractivity contribution in [3.63, 3.8) is 0 Å². The fraction of sp³-hybridized carbons (Fsp3) is 0.250. The summed E-state index contributed by atoms with van der Waals surface area (Å²) in [5.41, 5.74) is 0.677. The number of hydrogen-bond donors (Lipinski definition) is 0. The van der Waals surface area contributed by atoms with Gasteiger partial charge in [0.15, 0.2) is 12.2 Å². The molecule has 0 saturated heterocycles. The normalized spacial score (nSPS) is 11.8. The van der Waals surface area contributed by atoms with Crippen molar-refractivity contribution in [2.45, 2.75) is 19.5 Å². The monoisotopic (exact) mass is 241 g/mol. The Labute approximate surface area is 96.1 Å². The Hall–Kier alpha value is -1.78. The van der Waals surface area contributed by atoms with Crippen molar-refractivity contribution >= 4 is 0 Å². The Bertz CT molecular complexity index is 499. The highest BCUT2D eigenvalue weighted by atomic mass is 19.4. The first-order chi connectivity index (χ1) is 8.02. The van der Waals surface area contributed by atoms with Crippen molar-refractivity contribution in [1.82, 2.24) is 4.98 Å². The maximum absolute atomic E-state index is 12.4. The minimum Gasteiger partial charge on any atom is -0.443 e. The molecule has 0 N–H and O–H groups in total. The number of oxazole rings is 1. The predicted octanol–water partition coefficient (Wildman–Crippen LogP) is 3.92. The molecule has 1 aromatic carbocycles. The molecule has 0 aliphatic rings. The van der Waals surface area contributed by atoms with Crippen molar-refractivity contribution in [2.24, 2.45) is 0 Å². The van der Waals surface area contributed by atoms with E-state index in [1.54, 1.807) is 0 Å². The fourth-order valence-electron chi connectivity index (χ4n) is 1.57. The van der Waals surface area contributed by atoms with Gasteiger partial charge in [-0.3, -0.25) is 0 Å². The molecule has 0 aliphatic carbocycles. The van der Waals surface area contributed by atoms with Crippen LogP contribution in [0.1, 0.15) is 18.2 Å². The number of hydrogen-bond acceptors (Lipinski definition) is 2. The van der Waals surface area contributed by atoms with Crippen LogP contribution in [0.25, 0.3) is 11.3 Å². The summed E-state index contributed by atoms with van der Waals surface area (Å²) in [6, 6.07) is 4.86. The summed E-state index contributed by atoms with van der Waals surface area (Å²) in [4.78, 5) is 3.99. The van der Waals surface area contributed by atoms with Crippen molar-refractivity contribution in [1.29, 1.82) is 0 Å². The van der Waals surface area contributed by atoms with Crippen molar-refractivity contribution in [2.75, 3.05) is 0 Å². The highest BCUT2D eigenvalue weighted by Gasteiger charge is 2.30. The van der Waals surface area contributed by atoms with Gasteiger partial charge in [0.05, 0.1) is 11.3 Å². The first kappa shape index (κ1) is 11.7. The Kier molecular flexibility index (Phi) is 2.92.